The van der Waals surface area contributed by atoms with E-state index in [-0.39, 0.29) is 11.5 Å². The average molecular weight is 443 g/mol. The normalized spacial score (nSPS) is 33.4. The Labute approximate surface area is 193 Å². The van der Waals surface area contributed by atoms with E-state index in [2.05, 4.69) is 18.8 Å². The summed E-state index contributed by atoms with van der Waals surface area (Å²) in [4.78, 5) is 0. The molecule has 3 saturated carbocycles. The van der Waals surface area contributed by atoms with Crippen molar-refractivity contribution in [3.05, 3.63) is 34.9 Å². The van der Waals surface area contributed by atoms with Gasteiger partial charge in [-0.05, 0) is 118 Å². The highest BCUT2D eigenvalue weighted by molar-refractivity contribution is 5.39. The largest absolute Gasteiger partial charge is 0.378 e. The molecule has 0 aliphatic heterocycles. The Hall–Kier alpha value is -1.40. The molecular weight excluding hydrogens is 402 g/mol. The van der Waals surface area contributed by atoms with Gasteiger partial charge in [-0.2, -0.15) is 0 Å². The maximum atomic E-state index is 14.3. The lowest BCUT2D eigenvalue weighted by Crippen LogP contribution is -2.28. The van der Waals surface area contributed by atoms with E-state index in [1.54, 1.807) is 6.92 Å². The molecule has 1 aromatic carbocycles. The van der Waals surface area contributed by atoms with Crippen molar-refractivity contribution in [2.75, 3.05) is 6.61 Å². The third-order valence-electron chi connectivity index (χ3n) is 8.65. The minimum atomic E-state index is -0.536. The van der Waals surface area contributed by atoms with Crippen molar-refractivity contribution in [2.24, 2.45) is 23.7 Å². The number of hydrogen-bond donors (Lipinski definition) is 0. The van der Waals surface area contributed by atoms with Crippen molar-refractivity contribution in [1.29, 1.82) is 0 Å². The highest BCUT2D eigenvalue weighted by atomic mass is 19.1. The van der Waals surface area contributed by atoms with E-state index < -0.39 is 11.6 Å². The topological polar surface area (TPSA) is 9.23 Å². The lowest BCUT2D eigenvalue weighted by atomic mass is 9.69. The van der Waals surface area contributed by atoms with Gasteiger partial charge in [-0.1, -0.05) is 25.7 Å². The smallest absolute Gasteiger partial charge is 0.142 e. The number of halogens is 2. The molecule has 0 radical (unpaired) electrons. The Morgan fingerprint density at radius 1 is 0.812 bits per heavy atom. The van der Waals surface area contributed by atoms with E-state index in [0.717, 1.165) is 61.5 Å². The lowest BCUT2D eigenvalue weighted by molar-refractivity contribution is -0.00765. The van der Waals surface area contributed by atoms with E-state index in [1.807, 2.05) is 0 Å². The fraction of sp³-hybridized carbons (Fsp3) is 0.724. The molecule has 32 heavy (non-hydrogen) atoms. The second-order valence-corrected chi connectivity index (χ2v) is 10.8. The summed E-state index contributed by atoms with van der Waals surface area (Å²) in [5, 5.41) is 0. The third-order valence-corrected chi connectivity index (χ3v) is 8.65. The van der Waals surface area contributed by atoms with Crippen molar-refractivity contribution < 1.29 is 13.5 Å². The van der Waals surface area contributed by atoms with Crippen LogP contribution in [0.5, 0.6) is 0 Å². The SMILES string of the molecule is CC#Cc1c(F)cc(C2CCC(OCC3CCC(C4CCC(C)CC4)CC3)CC2)cc1F. The van der Waals surface area contributed by atoms with Gasteiger partial charge in [0.05, 0.1) is 11.7 Å². The summed E-state index contributed by atoms with van der Waals surface area (Å²) < 4.78 is 34.8. The van der Waals surface area contributed by atoms with Crippen LogP contribution in [0.15, 0.2) is 12.1 Å². The molecule has 176 valence electrons. The van der Waals surface area contributed by atoms with E-state index >= 15 is 0 Å². The van der Waals surface area contributed by atoms with Crippen molar-refractivity contribution >= 4 is 0 Å². The Kier molecular flexibility index (Phi) is 8.27. The van der Waals surface area contributed by atoms with Gasteiger partial charge in [-0.3, -0.25) is 0 Å². The highest BCUT2D eigenvalue weighted by Crippen LogP contribution is 2.42. The van der Waals surface area contributed by atoms with Gasteiger partial charge >= 0.3 is 0 Å². The quantitative estimate of drug-likeness (QED) is 0.420. The fourth-order valence-corrected chi connectivity index (χ4v) is 6.49. The minimum Gasteiger partial charge on any atom is -0.378 e. The van der Waals surface area contributed by atoms with Crippen LogP contribution in [0.25, 0.3) is 0 Å². The van der Waals surface area contributed by atoms with Gasteiger partial charge in [0.2, 0.25) is 0 Å². The first-order chi connectivity index (χ1) is 15.5. The van der Waals surface area contributed by atoms with Crippen LogP contribution in [0.2, 0.25) is 0 Å². The fourth-order valence-electron chi connectivity index (χ4n) is 6.49. The summed E-state index contributed by atoms with van der Waals surface area (Å²) in [5.74, 6) is 7.88. The number of ether oxygens (including phenoxy) is 1. The molecule has 0 spiro atoms. The first-order valence-corrected chi connectivity index (χ1v) is 13.1. The van der Waals surface area contributed by atoms with Crippen molar-refractivity contribution in [3.8, 4) is 11.8 Å². The van der Waals surface area contributed by atoms with E-state index in [1.165, 1.54) is 63.5 Å². The van der Waals surface area contributed by atoms with Crippen LogP contribution in [0, 0.1) is 47.1 Å². The molecule has 0 bridgehead atoms. The standard InChI is InChI=1S/C29H40F2O/c1-3-4-27-28(30)17-25(18-29(27)31)24-13-15-26(16-14-24)32-19-21-7-11-23(12-8-21)22-9-5-20(2)6-10-22/h17-18,20-24,26H,5-16,19H2,1-2H3. The summed E-state index contributed by atoms with van der Waals surface area (Å²) in [6, 6.07) is 2.97. The van der Waals surface area contributed by atoms with Crippen molar-refractivity contribution in [3.63, 3.8) is 0 Å². The third kappa shape index (κ3) is 5.93. The van der Waals surface area contributed by atoms with Gasteiger partial charge in [0.1, 0.15) is 11.6 Å². The Bertz CT molecular complexity index is 775. The molecule has 0 N–H and O–H groups in total. The van der Waals surface area contributed by atoms with Crippen LogP contribution in [0.4, 0.5) is 8.78 Å². The van der Waals surface area contributed by atoms with Crippen LogP contribution in [0.1, 0.15) is 108 Å². The van der Waals surface area contributed by atoms with Gasteiger partial charge < -0.3 is 4.74 Å². The van der Waals surface area contributed by atoms with Crippen molar-refractivity contribution in [1.82, 2.24) is 0 Å². The Morgan fingerprint density at radius 3 is 1.94 bits per heavy atom. The molecule has 0 heterocycles. The zero-order valence-electron chi connectivity index (χ0n) is 20.0. The summed E-state index contributed by atoms with van der Waals surface area (Å²) in [7, 11) is 0. The highest BCUT2D eigenvalue weighted by Gasteiger charge is 2.31. The predicted octanol–water partition coefficient (Wildman–Crippen LogP) is 8.01. The van der Waals surface area contributed by atoms with Gasteiger partial charge in [-0.15, -0.1) is 5.92 Å². The number of hydrogen-bond acceptors (Lipinski definition) is 1. The first kappa shape index (κ1) is 23.7. The Balaban J connectivity index is 1.18. The molecule has 1 nitrogen and oxygen atoms in total. The minimum absolute atomic E-state index is 0.110. The van der Waals surface area contributed by atoms with Crippen LogP contribution in [0.3, 0.4) is 0 Å². The maximum Gasteiger partial charge on any atom is 0.142 e. The summed E-state index contributed by atoms with van der Waals surface area (Å²) in [6.45, 7) is 4.90. The van der Waals surface area contributed by atoms with Crippen LogP contribution in [-0.2, 0) is 4.74 Å². The molecule has 3 fully saturated rings. The average Bonchev–Trinajstić information content (AvgIpc) is 2.81. The monoisotopic (exact) mass is 442 g/mol. The molecule has 3 aliphatic carbocycles. The second-order valence-electron chi connectivity index (χ2n) is 10.8. The summed E-state index contributed by atoms with van der Waals surface area (Å²) in [5.41, 5.74) is 0.663. The molecule has 3 heteroatoms. The molecule has 3 aliphatic rings. The van der Waals surface area contributed by atoms with Crippen molar-refractivity contribution in [2.45, 2.75) is 103 Å². The summed E-state index contributed by atoms with van der Waals surface area (Å²) >= 11 is 0. The zero-order valence-corrected chi connectivity index (χ0v) is 20.0. The molecule has 0 atom stereocenters. The van der Waals surface area contributed by atoms with E-state index in [4.69, 9.17) is 4.74 Å². The number of benzene rings is 1. The molecular formula is C29H40F2O. The molecule has 1 aromatic rings. The molecule has 0 saturated heterocycles. The second kappa shape index (κ2) is 11.1. The molecule has 0 unspecified atom stereocenters. The van der Waals surface area contributed by atoms with Crippen LogP contribution >= 0.6 is 0 Å². The maximum absolute atomic E-state index is 14.3. The summed E-state index contributed by atoms with van der Waals surface area (Å²) in [6.07, 6.45) is 15.4. The lowest BCUT2D eigenvalue weighted by Gasteiger charge is -2.37. The predicted molar refractivity (Wildman–Crippen MR) is 126 cm³/mol. The van der Waals surface area contributed by atoms with Gasteiger partial charge in [-0.25, -0.2) is 8.78 Å². The van der Waals surface area contributed by atoms with E-state index in [9.17, 15) is 8.78 Å². The van der Waals surface area contributed by atoms with Crippen LogP contribution in [-0.4, -0.2) is 12.7 Å². The van der Waals surface area contributed by atoms with Gasteiger partial charge in [0, 0.05) is 6.61 Å². The molecule has 0 amide bonds. The zero-order chi connectivity index (χ0) is 22.5. The number of rotatable bonds is 5. The first-order valence-electron chi connectivity index (χ1n) is 13.1. The van der Waals surface area contributed by atoms with E-state index in [0.29, 0.717) is 6.10 Å². The van der Waals surface area contributed by atoms with Gasteiger partial charge in [0.15, 0.2) is 0 Å². The van der Waals surface area contributed by atoms with Gasteiger partial charge in [0.25, 0.3) is 0 Å². The molecule has 0 aromatic heterocycles. The Morgan fingerprint density at radius 2 is 1.38 bits per heavy atom. The molecule has 4 rings (SSSR count). The van der Waals surface area contributed by atoms with Crippen LogP contribution < -0.4 is 0 Å².